The third kappa shape index (κ3) is 3.20. The Morgan fingerprint density at radius 2 is 2.36 bits per heavy atom. The van der Waals surface area contributed by atoms with Gasteiger partial charge in [0.05, 0.1) is 5.25 Å². The summed E-state index contributed by atoms with van der Waals surface area (Å²) in [5.74, 6) is 0. The summed E-state index contributed by atoms with van der Waals surface area (Å²) in [6.07, 6.45) is 1.75. The van der Waals surface area contributed by atoms with E-state index in [1.165, 1.54) is 11.8 Å². The lowest BCUT2D eigenvalue weighted by atomic mass is 10.1. The summed E-state index contributed by atoms with van der Waals surface area (Å²) >= 11 is 7.10. The zero-order valence-electron chi connectivity index (χ0n) is 7.87. The Morgan fingerprint density at radius 1 is 1.64 bits per heavy atom. The first kappa shape index (κ1) is 11.3. The first-order chi connectivity index (χ1) is 6.63. The van der Waals surface area contributed by atoms with Crippen LogP contribution in [0.4, 0.5) is 0 Å². The largest absolute Gasteiger partial charge is 0.288 e. The summed E-state index contributed by atoms with van der Waals surface area (Å²) in [5.41, 5.74) is 1.01. The van der Waals surface area contributed by atoms with Gasteiger partial charge in [0.15, 0.2) is 5.12 Å². The highest BCUT2D eigenvalue weighted by atomic mass is 35.5. The maximum Gasteiger partial charge on any atom is 0.186 e. The van der Waals surface area contributed by atoms with Gasteiger partial charge < -0.3 is 0 Å². The fraction of sp³-hybridized carbons (Fsp3) is 0.182. The summed E-state index contributed by atoms with van der Waals surface area (Å²) in [6.45, 7) is 5.25. The first-order valence-corrected chi connectivity index (χ1v) is 5.44. The minimum atomic E-state index is -0.00815. The highest BCUT2D eigenvalue weighted by molar-refractivity contribution is 8.13. The minimum Gasteiger partial charge on any atom is -0.288 e. The summed E-state index contributed by atoms with van der Waals surface area (Å²) in [5, 5.41) is 0.750. The number of carbonyl (C=O) groups excluding carboxylic acids is 1. The van der Waals surface area contributed by atoms with E-state index in [1.807, 2.05) is 24.3 Å². The normalized spacial score (nSPS) is 12.1. The molecule has 1 atom stereocenters. The van der Waals surface area contributed by atoms with Crippen LogP contribution in [0.5, 0.6) is 0 Å². The minimum absolute atomic E-state index is 0.00815. The van der Waals surface area contributed by atoms with E-state index in [-0.39, 0.29) is 10.4 Å². The monoisotopic (exact) mass is 226 g/mol. The molecule has 1 aromatic carbocycles. The molecule has 0 aromatic heterocycles. The number of hydrogen-bond donors (Lipinski definition) is 0. The van der Waals surface area contributed by atoms with Crippen molar-refractivity contribution in [3.8, 4) is 0 Å². The van der Waals surface area contributed by atoms with Crippen molar-refractivity contribution in [3.63, 3.8) is 0 Å². The van der Waals surface area contributed by atoms with Crippen LogP contribution in [-0.4, -0.2) is 5.12 Å². The van der Waals surface area contributed by atoms with Gasteiger partial charge in [0.25, 0.3) is 0 Å². The zero-order valence-corrected chi connectivity index (χ0v) is 9.44. The fourth-order valence-corrected chi connectivity index (χ4v) is 2.05. The van der Waals surface area contributed by atoms with E-state index in [1.54, 1.807) is 13.0 Å². The Balaban J connectivity index is 2.89. The number of halogens is 1. The highest BCUT2D eigenvalue weighted by Crippen LogP contribution is 2.31. The van der Waals surface area contributed by atoms with Gasteiger partial charge in [-0.05, 0) is 17.7 Å². The number of thioether (sulfide) groups is 1. The molecular weight excluding hydrogens is 216 g/mol. The van der Waals surface area contributed by atoms with Crippen LogP contribution in [0.15, 0.2) is 36.9 Å². The van der Waals surface area contributed by atoms with Gasteiger partial charge in [0.1, 0.15) is 0 Å². The van der Waals surface area contributed by atoms with Gasteiger partial charge in [-0.15, -0.1) is 6.58 Å². The topological polar surface area (TPSA) is 17.1 Å². The molecule has 0 aliphatic carbocycles. The summed E-state index contributed by atoms with van der Waals surface area (Å²) < 4.78 is 0. The average Bonchev–Trinajstić information content (AvgIpc) is 2.14. The number of benzene rings is 1. The molecule has 0 saturated carbocycles. The summed E-state index contributed by atoms with van der Waals surface area (Å²) in [6, 6.07) is 7.47. The van der Waals surface area contributed by atoms with E-state index < -0.39 is 0 Å². The van der Waals surface area contributed by atoms with Crippen molar-refractivity contribution in [2.45, 2.75) is 12.2 Å². The smallest absolute Gasteiger partial charge is 0.186 e. The molecule has 0 saturated heterocycles. The Labute approximate surface area is 93.2 Å². The van der Waals surface area contributed by atoms with Gasteiger partial charge in [-0.1, -0.05) is 41.6 Å². The van der Waals surface area contributed by atoms with Crippen molar-refractivity contribution in [2.75, 3.05) is 0 Å². The van der Waals surface area contributed by atoms with Crippen LogP contribution < -0.4 is 0 Å². The van der Waals surface area contributed by atoms with Gasteiger partial charge in [0, 0.05) is 11.9 Å². The molecule has 0 N–H and O–H groups in total. The molecule has 0 fully saturated rings. The standard InChI is InChI=1S/C11H11ClOS/c1-3-11(14-8(2)13)9-5-4-6-10(12)7-9/h3-7,11H,1H2,2H3/t11-/m0/s1. The predicted octanol–water partition coefficient (Wildman–Crippen LogP) is 3.85. The van der Waals surface area contributed by atoms with Crippen LogP contribution in [0.1, 0.15) is 17.7 Å². The summed E-state index contributed by atoms with van der Waals surface area (Å²) in [4.78, 5) is 11.0. The fourth-order valence-electron chi connectivity index (χ4n) is 1.11. The van der Waals surface area contributed by atoms with Crippen molar-refractivity contribution in [1.82, 2.24) is 0 Å². The van der Waals surface area contributed by atoms with Crippen molar-refractivity contribution in [3.05, 3.63) is 47.5 Å². The molecule has 0 unspecified atom stereocenters. The number of carbonyl (C=O) groups is 1. The van der Waals surface area contributed by atoms with Crippen molar-refractivity contribution in [1.29, 1.82) is 0 Å². The molecule has 0 amide bonds. The molecule has 0 radical (unpaired) electrons. The zero-order chi connectivity index (χ0) is 10.6. The Morgan fingerprint density at radius 3 is 2.86 bits per heavy atom. The maximum atomic E-state index is 11.0. The molecule has 1 aromatic rings. The van der Waals surface area contributed by atoms with Gasteiger partial charge in [0.2, 0.25) is 0 Å². The lowest BCUT2D eigenvalue weighted by Gasteiger charge is -2.10. The Hall–Kier alpha value is -0.730. The van der Waals surface area contributed by atoms with E-state index in [0.717, 1.165) is 5.56 Å². The van der Waals surface area contributed by atoms with Crippen LogP contribution in [0.3, 0.4) is 0 Å². The molecule has 3 heteroatoms. The number of hydrogen-bond acceptors (Lipinski definition) is 2. The molecule has 0 bridgehead atoms. The van der Waals surface area contributed by atoms with Gasteiger partial charge in [-0.3, -0.25) is 4.79 Å². The van der Waals surface area contributed by atoms with Crippen LogP contribution in [-0.2, 0) is 4.79 Å². The first-order valence-electron chi connectivity index (χ1n) is 4.18. The van der Waals surface area contributed by atoms with Crippen molar-refractivity contribution in [2.24, 2.45) is 0 Å². The second-order valence-corrected chi connectivity index (χ2v) is 4.58. The van der Waals surface area contributed by atoms with Gasteiger partial charge in [-0.2, -0.15) is 0 Å². The second-order valence-electron chi connectivity index (χ2n) is 2.82. The lowest BCUT2D eigenvalue weighted by Crippen LogP contribution is -1.93. The van der Waals surface area contributed by atoms with Crippen molar-refractivity contribution < 1.29 is 4.79 Å². The molecule has 0 aliphatic rings. The van der Waals surface area contributed by atoms with E-state index in [4.69, 9.17) is 11.6 Å². The molecule has 0 heterocycles. The van der Waals surface area contributed by atoms with Crippen LogP contribution >= 0.6 is 23.4 Å². The molecule has 0 aliphatic heterocycles. The van der Waals surface area contributed by atoms with E-state index in [9.17, 15) is 4.79 Å². The quantitative estimate of drug-likeness (QED) is 0.729. The van der Waals surface area contributed by atoms with Crippen LogP contribution in [0, 0.1) is 0 Å². The summed E-state index contributed by atoms with van der Waals surface area (Å²) in [7, 11) is 0. The maximum absolute atomic E-state index is 11.0. The third-order valence-corrected chi connectivity index (χ3v) is 2.97. The van der Waals surface area contributed by atoms with Crippen LogP contribution in [0.25, 0.3) is 0 Å². The van der Waals surface area contributed by atoms with E-state index in [0.29, 0.717) is 5.02 Å². The number of rotatable bonds is 3. The average molecular weight is 227 g/mol. The molecule has 14 heavy (non-hydrogen) atoms. The molecular formula is C11H11ClOS. The molecule has 0 spiro atoms. The van der Waals surface area contributed by atoms with E-state index in [2.05, 4.69) is 6.58 Å². The van der Waals surface area contributed by atoms with Gasteiger partial charge >= 0.3 is 0 Å². The van der Waals surface area contributed by atoms with Gasteiger partial charge in [-0.25, -0.2) is 0 Å². The molecule has 74 valence electrons. The highest BCUT2D eigenvalue weighted by Gasteiger charge is 2.10. The Kier molecular flexibility index (Phi) is 4.23. The second kappa shape index (κ2) is 5.23. The van der Waals surface area contributed by atoms with Crippen molar-refractivity contribution >= 4 is 28.5 Å². The Bertz CT molecular complexity index is 349. The molecule has 1 nitrogen and oxygen atoms in total. The van der Waals surface area contributed by atoms with Crippen LogP contribution in [0.2, 0.25) is 5.02 Å². The predicted molar refractivity (Wildman–Crippen MR) is 62.7 cm³/mol. The lowest BCUT2D eigenvalue weighted by molar-refractivity contribution is -0.109. The third-order valence-electron chi connectivity index (χ3n) is 1.68. The SMILES string of the molecule is C=C[C@H](SC(C)=O)c1cccc(Cl)c1. The molecule has 1 rings (SSSR count). The van der Waals surface area contributed by atoms with E-state index >= 15 is 0 Å².